The van der Waals surface area contributed by atoms with E-state index in [2.05, 4.69) is 37.9 Å². The molecule has 0 heterocycles. The number of hydrogen-bond acceptors (Lipinski definition) is 3. The third-order valence-corrected chi connectivity index (χ3v) is 2.88. The fourth-order valence-electron chi connectivity index (χ4n) is 1.55. The molecule has 0 spiro atoms. The van der Waals surface area contributed by atoms with Crippen LogP contribution in [0.2, 0.25) is 0 Å². The summed E-state index contributed by atoms with van der Waals surface area (Å²) >= 11 is 3.92. The topological polar surface area (TPSA) is 38.3 Å². The summed E-state index contributed by atoms with van der Waals surface area (Å²) in [7, 11) is 1.63. The molecular formula is C13H19NO2S. The van der Waals surface area contributed by atoms with Gasteiger partial charge in [-0.25, -0.2) is 0 Å². The molecule has 0 aromatic heterocycles. The van der Waals surface area contributed by atoms with Crippen LogP contribution >= 0.6 is 12.6 Å². The largest absolute Gasteiger partial charge is 0.496 e. The third kappa shape index (κ3) is 3.97. The first-order chi connectivity index (χ1) is 8.08. The summed E-state index contributed by atoms with van der Waals surface area (Å²) in [4.78, 5) is 11.2. The molecule has 1 aromatic carbocycles. The molecular weight excluding hydrogens is 234 g/mol. The minimum atomic E-state index is -0.0784. The fourth-order valence-corrected chi connectivity index (χ4v) is 1.66. The number of methoxy groups -OCH3 is 1. The normalized spacial score (nSPS) is 10.4. The molecule has 1 rings (SSSR count). The van der Waals surface area contributed by atoms with Crippen molar-refractivity contribution in [2.24, 2.45) is 0 Å². The van der Waals surface area contributed by atoms with E-state index >= 15 is 0 Å². The van der Waals surface area contributed by atoms with Crippen molar-refractivity contribution in [2.45, 2.75) is 26.3 Å². The third-order valence-electron chi connectivity index (χ3n) is 2.59. The van der Waals surface area contributed by atoms with Crippen molar-refractivity contribution in [3.05, 3.63) is 29.3 Å². The lowest BCUT2D eigenvalue weighted by Gasteiger charge is -2.13. The van der Waals surface area contributed by atoms with Gasteiger partial charge in [-0.2, -0.15) is 12.6 Å². The Morgan fingerprint density at radius 3 is 2.71 bits per heavy atom. The van der Waals surface area contributed by atoms with E-state index in [-0.39, 0.29) is 11.7 Å². The zero-order chi connectivity index (χ0) is 12.8. The Kier molecular flexibility index (Phi) is 5.35. The van der Waals surface area contributed by atoms with Crippen LogP contribution < -0.4 is 10.1 Å². The van der Waals surface area contributed by atoms with Gasteiger partial charge in [-0.15, -0.1) is 0 Å². The quantitative estimate of drug-likeness (QED) is 0.791. The Hall–Kier alpha value is -1.16. The SMILES string of the molecule is COc1ccc(C(C)C)cc1CNC(=O)CS. The number of nitrogens with one attached hydrogen (secondary N) is 1. The number of carbonyl (C=O) groups is 1. The van der Waals surface area contributed by atoms with E-state index in [1.807, 2.05) is 12.1 Å². The molecule has 1 aromatic rings. The number of ether oxygens (including phenoxy) is 1. The first-order valence-electron chi connectivity index (χ1n) is 5.62. The molecule has 1 amide bonds. The van der Waals surface area contributed by atoms with Crippen LogP contribution in [0, 0.1) is 0 Å². The molecule has 0 saturated carbocycles. The van der Waals surface area contributed by atoms with Gasteiger partial charge < -0.3 is 10.1 Å². The number of carbonyl (C=O) groups excluding carboxylic acids is 1. The fraction of sp³-hybridized carbons (Fsp3) is 0.462. The molecule has 0 unspecified atom stereocenters. The summed E-state index contributed by atoms with van der Waals surface area (Å²) in [6, 6.07) is 6.06. The summed E-state index contributed by atoms with van der Waals surface area (Å²) in [6.45, 7) is 4.75. The maximum absolute atomic E-state index is 11.2. The molecule has 0 atom stereocenters. The molecule has 1 N–H and O–H groups in total. The van der Waals surface area contributed by atoms with Crippen LogP contribution in [0.4, 0.5) is 0 Å². The van der Waals surface area contributed by atoms with Gasteiger partial charge in [0.15, 0.2) is 0 Å². The van der Waals surface area contributed by atoms with Crippen LogP contribution in [-0.4, -0.2) is 18.8 Å². The molecule has 0 aliphatic heterocycles. The molecule has 0 fully saturated rings. The Morgan fingerprint density at radius 1 is 1.47 bits per heavy atom. The van der Waals surface area contributed by atoms with Crippen molar-refractivity contribution in [1.29, 1.82) is 0 Å². The standard InChI is InChI=1S/C13H19NO2S/c1-9(2)10-4-5-12(16-3)11(6-10)7-14-13(15)8-17/h4-6,9,17H,7-8H2,1-3H3,(H,14,15). The van der Waals surface area contributed by atoms with Gasteiger partial charge in [0.25, 0.3) is 0 Å². The lowest BCUT2D eigenvalue weighted by Crippen LogP contribution is -2.24. The van der Waals surface area contributed by atoms with Crippen LogP contribution in [0.1, 0.15) is 30.9 Å². The second kappa shape index (κ2) is 6.55. The maximum Gasteiger partial charge on any atom is 0.229 e. The van der Waals surface area contributed by atoms with E-state index in [1.54, 1.807) is 7.11 Å². The zero-order valence-corrected chi connectivity index (χ0v) is 11.4. The van der Waals surface area contributed by atoms with Gasteiger partial charge in [0.1, 0.15) is 5.75 Å². The lowest BCUT2D eigenvalue weighted by molar-refractivity contribution is -0.118. The van der Waals surface area contributed by atoms with Crippen LogP contribution in [0.15, 0.2) is 18.2 Å². The molecule has 0 aliphatic rings. The van der Waals surface area contributed by atoms with Crippen LogP contribution in [0.5, 0.6) is 5.75 Å². The number of hydrogen-bond donors (Lipinski definition) is 2. The van der Waals surface area contributed by atoms with E-state index in [0.29, 0.717) is 12.5 Å². The van der Waals surface area contributed by atoms with Crippen molar-refractivity contribution in [3.8, 4) is 5.75 Å². The van der Waals surface area contributed by atoms with E-state index in [0.717, 1.165) is 11.3 Å². The molecule has 17 heavy (non-hydrogen) atoms. The van der Waals surface area contributed by atoms with Gasteiger partial charge in [-0.1, -0.05) is 26.0 Å². The van der Waals surface area contributed by atoms with Gasteiger partial charge in [0, 0.05) is 12.1 Å². The van der Waals surface area contributed by atoms with Crippen LogP contribution in [0.25, 0.3) is 0 Å². The molecule has 0 bridgehead atoms. The summed E-state index contributed by atoms with van der Waals surface area (Å²) in [5, 5.41) is 2.79. The van der Waals surface area contributed by atoms with Crippen molar-refractivity contribution in [3.63, 3.8) is 0 Å². The van der Waals surface area contributed by atoms with Gasteiger partial charge >= 0.3 is 0 Å². The molecule has 4 heteroatoms. The minimum absolute atomic E-state index is 0.0784. The zero-order valence-electron chi connectivity index (χ0n) is 10.5. The van der Waals surface area contributed by atoms with Crippen molar-refractivity contribution >= 4 is 18.5 Å². The average molecular weight is 253 g/mol. The molecule has 94 valence electrons. The smallest absolute Gasteiger partial charge is 0.229 e. The first kappa shape index (κ1) is 13.9. The van der Waals surface area contributed by atoms with E-state index in [4.69, 9.17) is 4.74 Å². The van der Waals surface area contributed by atoms with Gasteiger partial charge in [0.2, 0.25) is 5.91 Å². The van der Waals surface area contributed by atoms with Crippen LogP contribution in [0.3, 0.4) is 0 Å². The molecule has 0 aliphatic carbocycles. The summed E-state index contributed by atoms with van der Waals surface area (Å²) in [5.41, 5.74) is 2.23. The molecule has 3 nitrogen and oxygen atoms in total. The predicted molar refractivity (Wildman–Crippen MR) is 72.8 cm³/mol. The lowest BCUT2D eigenvalue weighted by atomic mass is 10.0. The Labute approximate surface area is 108 Å². The average Bonchev–Trinajstić information content (AvgIpc) is 2.35. The van der Waals surface area contributed by atoms with Crippen LogP contribution in [-0.2, 0) is 11.3 Å². The monoisotopic (exact) mass is 253 g/mol. The second-order valence-electron chi connectivity index (χ2n) is 4.16. The highest BCUT2D eigenvalue weighted by Gasteiger charge is 2.07. The highest BCUT2D eigenvalue weighted by atomic mass is 32.1. The predicted octanol–water partition coefficient (Wildman–Crippen LogP) is 2.36. The number of thiol groups is 1. The Morgan fingerprint density at radius 2 is 2.18 bits per heavy atom. The van der Waals surface area contributed by atoms with Gasteiger partial charge in [-0.05, 0) is 17.5 Å². The van der Waals surface area contributed by atoms with Crippen molar-refractivity contribution in [1.82, 2.24) is 5.32 Å². The number of benzene rings is 1. The Bertz CT molecular complexity index is 391. The number of amides is 1. The minimum Gasteiger partial charge on any atom is -0.496 e. The van der Waals surface area contributed by atoms with E-state index in [9.17, 15) is 4.79 Å². The maximum atomic E-state index is 11.2. The molecule has 0 radical (unpaired) electrons. The highest BCUT2D eigenvalue weighted by Crippen LogP contribution is 2.23. The molecule has 0 saturated heterocycles. The highest BCUT2D eigenvalue weighted by molar-refractivity contribution is 7.81. The number of rotatable bonds is 5. The van der Waals surface area contributed by atoms with Gasteiger partial charge in [-0.3, -0.25) is 4.79 Å². The van der Waals surface area contributed by atoms with Crippen molar-refractivity contribution < 1.29 is 9.53 Å². The summed E-state index contributed by atoms with van der Waals surface area (Å²) < 4.78 is 5.28. The second-order valence-corrected chi connectivity index (χ2v) is 4.48. The summed E-state index contributed by atoms with van der Waals surface area (Å²) in [6.07, 6.45) is 0. The summed E-state index contributed by atoms with van der Waals surface area (Å²) in [5.74, 6) is 1.38. The Balaban J connectivity index is 2.86. The van der Waals surface area contributed by atoms with E-state index in [1.165, 1.54) is 5.56 Å². The van der Waals surface area contributed by atoms with Gasteiger partial charge in [0.05, 0.1) is 12.9 Å². The van der Waals surface area contributed by atoms with E-state index < -0.39 is 0 Å². The van der Waals surface area contributed by atoms with Crippen molar-refractivity contribution in [2.75, 3.05) is 12.9 Å². The first-order valence-corrected chi connectivity index (χ1v) is 6.26.